The Bertz CT molecular complexity index is 1400. The van der Waals surface area contributed by atoms with Gasteiger partial charge >= 0.3 is 6.03 Å². The number of fused-ring (bicyclic) bond motifs is 1. The molecule has 1 unspecified atom stereocenters. The van der Waals surface area contributed by atoms with Crippen LogP contribution in [0.2, 0.25) is 0 Å². The molecule has 0 spiro atoms. The van der Waals surface area contributed by atoms with Crippen LogP contribution in [0, 0.1) is 0 Å². The van der Waals surface area contributed by atoms with Gasteiger partial charge in [-0.3, -0.25) is 9.59 Å². The summed E-state index contributed by atoms with van der Waals surface area (Å²) in [7, 11) is -3.96. The topological polar surface area (TPSA) is 136 Å². The van der Waals surface area contributed by atoms with Gasteiger partial charge < -0.3 is 25.3 Å². The molecule has 2 aromatic rings. The number of hydrogen-bond donors (Lipinski definition) is 2. The maximum absolute atomic E-state index is 13.5. The van der Waals surface area contributed by atoms with Crippen LogP contribution in [0.3, 0.4) is 0 Å². The number of hydrogen-bond acceptors (Lipinski definition) is 6. The summed E-state index contributed by atoms with van der Waals surface area (Å²) in [6.07, 6.45) is 3.15. The maximum Gasteiger partial charge on any atom is 0.314 e. The molecule has 3 saturated heterocycles. The quantitative estimate of drug-likeness (QED) is 0.474. The molecule has 3 aliphatic heterocycles. The van der Waals surface area contributed by atoms with E-state index in [1.165, 1.54) is 11.0 Å². The Hall–Kier alpha value is -2.74. The van der Waals surface area contributed by atoms with Gasteiger partial charge in [0, 0.05) is 37.2 Å². The number of rotatable bonds is 7. The predicted octanol–water partition coefficient (Wildman–Crippen LogP) is 1.56. The van der Waals surface area contributed by atoms with Crippen molar-refractivity contribution in [2.45, 2.75) is 42.7 Å². The fourth-order valence-corrected chi connectivity index (χ4v) is 7.52. The van der Waals surface area contributed by atoms with E-state index in [4.69, 9.17) is 5.73 Å². The summed E-state index contributed by atoms with van der Waals surface area (Å²) >= 11 is 3.42. The van der Waals surface area contributed by atoms with Crippen LogP contribution < -0.4 is 10.5 Å². The van der Waals surface area contributed by atoms with Gasteiger partial charge in [-0.05, 0) is 73.8 Å². The second-order valence-electron chi connectivity index (χ2n) is 10.8. The van der Waals surface area contributed by atoms with Crippen molar-refractivity contribution >= 4 is 54.6 Å². The van der Waals surface area contributed by atoms with Crippen LogP contribution in [-0.4, -0.2) is 110 Å². The van der Waals surface area contributed by atoms with E-state index in [1.54, 1.807) is 21.9 Å². The zero-order chi connectivity index (χ0) is 28.4. The lowest BCUT2D eigenvalue weighted by Crippen LogP contribution is -2.62. The molecule has 0 radical (unpaired) electrons. The van der Waals surface area contributed by atoms with Crippen molar-refractivity contribution in [3.63, 3.8) is 0 Å². The van der Waals surface area contributed by atoms with E-state index in [0.29, 0.717) is 45.6 Å². The molecule has 13 heteroatoms. The molecule has 2 atom stereocenters. The molecule has 11 nitrogen and oxygen atoms in total. The first kappa shape index (κ1) is 28.8. The van der Waals surface area contributed by atoms with Gasteiger partial charge in [0.2, 0.25) is 21.8 Å². The van der Waals surface area contributed by atoms with E-state index < -0.39 is 28.0 Å². The molecule has 0 bridgehead atoms. The molecule has 2 aromatic carbocycles. The monoisotopic (exact) mass is 634 g/mol. The lowest BCUT2D eigenvalue weighted by molar-refractivity contribution is -0.145. The number of benzene rings is 2. The van der Waals surface area contributed by atoms with Crippen molar-refractivity contribution < 1.29 is 22.8 Å². The molecule has 4 amide bonds. The summed E-state index contributed by atoms with van der Waals surface area (Å²) in [5.74, 6) is -0.606. The van der Waals surface area contributed by atoms with E-state index in [2.05, 4.69) is 25.6 Å². The number of piperidine rings is 1. The Morgan fingerprint density at radius 3 is 2.45 bits per heavy atom. The van der Waals surface area contributed by atoms with Gasteiger partial charge in [0.1, 0.15) is 6.04 Å². The van der Waals surface area contributed by atoms with Gasteiger partial charge in [0.15, 0.2) is 0 Å². The number of carbonyl (C=O) groups excluding carboxylic acids is 3. The van der Waals surface area contributed by atoms with E-state index >= 15 is 0 Å². The smallest absolute Gasteiger partial charge is 0.314 e. The minimum atomic E-state index is -3.96. The molecule has 0 saturated carbocycles. The van der Waals surface area contributed by atoms with E-state index in [9.17, 15) is 22.8 Å². The molecule has 0 aliphatic carbocycles. The number of nitrogens with zero attached hydrogens (tertiary/aromatic N) is 4. The molecule has 40 heavy (non-hydrogen) atoms. The van der Waals surface area contributed by atoms with E-state index in [1.807, 2.05) is 18.2 Å². The summed E-state index contributed by atoms with van der Waals surface area (Å²) in [4.78, 5) is 45.8. The summed E-state index contributed by atoms with van der Waals surface area (Å²) < 4.78 is 29.9. The number of nitrogens with two attached hydrogens (primary N) is 1. The number of sulfonamides is 1. The molecule has 3 aliphatic rings. The summed E-state index contributed by atoms with van der Waals surface area (Å²) in [6, 6.07) is 8.77. The second kappa shape index (κ2) is 12.0. The average molecular weight is 636 g/mol. The van der Waals surface area contributed by atoms with Gasteiger partial charge in [-0.15, -0.1) is 0 Å². The normalized spacial score (nSPS) is 22.7. The average Bonchev–Trinajstić information content (AvgIpc) is 3.43. The Labute approximate surface area is 242 Å². The Morgan fingerprint density at radius 2 is 1.70 bits per heavy atom. The van der Waals surface area contributed by atoms with Crippen molar-refractivity contribution in [3.05, 3.63) is 40.9 Å². The van der Waals surface area contributed by atoms with Crippen LogP contribution in [-0.2, 0) is 19.6 Å². The first-order valence-electron chi connectivity index (χ1n) is 13.7. The SMILES string of the molecule is NC(=O)N1CCN(C(=O)CN2CCC[C@H](NS(=O)(=O)c3ccc4cc(Br)ccc4c3)C2=O)C(CN2CCCC2)C1. The molecule has 3 heterocycles. The number of carbonyl (C=O) groups is 3. The number of nitrogens with one attached hydrogen (secondary N) is 1. The first-order valence-corrected chi connectivity index (χ1v) is 15.9. The molecular weight excluding hydrogens is 600 g/mol. The van der Waals surface area contributed by atoms with Gasteiger partial charge in [-0.25, -0.2) is 13.2 Å². The lowest BCUT2D eigenvalue weighted by Gasteiger charge is -2.43. The van der Waals surface area contributed by atoms with Gasteiger partial charge in [0.05, 0.1) is 17.5 Å². The standard InChI is InChI=1S/C27H35BrN6O5S/c28-21-7-5-20-15-23(8-6-19(20)14-21)40(38,39)30-24-4-3-11-32(26(24)36)18-25(35)34-13-12-33(27(29)37)17-22(34)16-31-9-1-2-10-31/h5-8,14-15,22,24,30H,1-4,9-13,16-18H2,(H2,29,37)/t22?,24-/m0/s1. The molecule has 3 fully saturated rings. The fraction of sp³-hybridized carbons (Fsp3) is 0.519. The first-order chi connectivity index (χ1) is 19.1. The van der Waals surface area contributed by atoms with E-state index in [0.717, 1.165) is 41.2 Å². The zero-order valence-electron chi connectivity index (χ0n) is 22.3. The molecule has 0 aromatic heterocycles. The van der Waals surface area contributed by atoms with Crippen molar-refractivity contribution in [1.82, 2.24) is 24.3 Å². The summed E-state index contributed by atoms with van der Waals surface area (Å²) in [5.41, 5.74) is 5.53. The highest BCUT2D eigenvalue weighted by Crippen LogP contribution is 2.24. The third-order valence-corrected chi connectivity index (χ3v) is 9.98. The molecule has 216 valence electrons. The van der Waals surface area contributed by atoms with Crippen molar-refractivity contribution in [2.75, 3.05) is 52.4 Å². The van der Waals surface area contributed by atoms with E-state index in [-0.39, 0.29) is 23.4 Å². The fourth-order valence-electron chi connectivity index (χ4n) is 5.88. The number of urea groups is 1. The van der Waals surface area contributed by atoms with Gasteiger partial charge in [-0.2, -0.15) is 4.72 Å². The number of primary amides is 1. The van der Waals surface area contributed by atoms with Crippen molar-refractivity contribution in [1.29, 1.82) is 0 Å². The summed E-state index contributed by atoms with van der Waals surface area (Å²) in [5, 5.41) is 1.67. The number of amides is 4. The van der Waals surface area contributed by atoms with Crippen LogP contribution in [0.4, 0.5) is 4.79 Å². The number of piperazine rings is 1. The third-order valence-electron chi connectivity index (χ3n) is 8.02. The van der Waals surface area contributed by atoms with Crippen LogP contribution in [0.25, 0.3) is 10.8 Å². The van der Waals surface area contributed by atoms with Gasteiger partial charge in [0.25, 0.3) is 0 Å². The highest BCUT2D eigenvalue weighted by molar-refractivity contribution is 9.10. The molecule has 5 rings (SSSR count). The molecule has 3 N–H and O–H groups in total. The zero-order valence-corrected chi connectivity index (χ0v) is 24.7. The highest BCUT2D eigenvalue weighted by Gasteiger charge is 2.37. The Morgan fingerprint density at radius 1 is 0.975 bits per heavy atom. The predicted molar refractivity (Wildman–Crippen MR) is 154 cm³/mol. The second-order valence-corrected chi connectivity index (χ2v) is 13.4. The van der Waals surface area contributed by atoms with Crippen molar-refractivity contribution in [3.8, 4) is 0 Å². The van der Waals surface area contributed by atoms with Crippen LogP contribution in [0.15, 0.2) is 45.8 Å². The third kappa shape index (κ3) is 6.42. The molecular formula is C27H35BrN6O5S. The minimum absolute atomic E-state index is 0.0837. The maximum atomic E-state index is 13.5. The van der Waals surface area contributed by atoms with Crippen LogP contribution in [0.1, 0.15) is 25.7 Å². The Kier molecular flexibility index (Phi) is 8.64. The van der Waals surface area contributed by atoms with Crippen LogP contribution in [0.5, 0.6) is 0 Å². The lowest BCUT2D eigenvalue weighted by atomic mass is 10.1. The van der Waals surface area contributed by atoms with Crippen molar-refractivity contribution in [2.24, 2.45) is 5.73 Å². The number of likely N-dealkylation sites (tertiary alicyclic amines) is 2. The minimum Gasteiger partial charge on any atom is -0.351 e. The van der Waals surface area contributed by atoms with Gasteiger partial charge in [-0.1, -0.05) is 28.1 Å². The largest absolute Gasteiger partial charge is 0.351 e. The number of halogens is 1. The van der Waals surface area contributed by atoms with Crippen LogP contribution >= 0.6 is 15.9 Å². The highest BCUT2D eigenvalue weighted by atomic mass is 79.9. The Balaban J connectivity index is 1.25. The summed E-state index contributed by atoms with van der Waals surface area (Å²) in [6.45, 7) is 3.85.